The molecule has 0 aromatic rings. The lowest BCUT2D eigenvalue weighted by atomic mass is 10.1. The molecule has 0 heterocycles. The Labute approximate surface area is 460 Å². The second-order valence-corrected chi connectivity index (χ2v) is 19.1. The summed E-state index contributed by atoms with van der Waals surface area (Å²) in [5.41, 5.74) is 0. The maximum Gasteiger partial charge on any atom is 0.306 e. The first-order chi connectivity index (χ1) is 37.0. The first kappa shape index (κ1) is 70.0. The predicted molar refractivity (Wildman–Crippen MR) is 325 cm³/mol. The Morgan fingerprint density at radius 1 is 0.280 bits per heavy atom. The van der Waals surface area contributed by atoms with E-state index < -0.39 is 12.1 Å². The number of hydrogen-bond donors (Lipinski definition) is 0. The van der Waals surface area contributed by atoms with E-state index in [9.17, 15) is 14.4 Å². The molecule has 0 spiro atoms. The largest absolute Gasteiger partial charge is 0.462 e. The number of allylic oxidation sites excluding steroid dienone is 26. The summed E-state index contributed by atoms with van der Waals surface area (Å²) in [6, 6.07) is 0. The molecule has 0 bridgehead atoms. The van der Waals surface area contributed by atoms with Gasteiger partial charge in [0.1, 0.15) is 13.2 Å². The van der Waals surface area contributed by atoms with E-state index in [2.05, 4.69) is 167 Å². The summed E-state index contributed by atoms with van der Waals surface area (Å²) in [6.07, 6.45) is 89.6. The van der Waals surface area contributed by atoms with E-state index in [1.165, 1.54) is 70.6 Å². The predicted octanol–water partition coefficient (Wildman–Crippen LogP) is 20.5. The smallest absolute Gasteiger partial charge is 0.306 e. The maximum atomic E-state index is 12.9. The van der Waals surface area contributed by atoms with Gasteiger partial charge in [-0.15, -0.1) is 0 Å². The van der Waals surface area contributed by atoms with Gasteiger partial charge in [0.25, 0.3) is 0 Å². The van der Waals surface area contributed by atoms with Crippen molar-refractivity contribution in [1.29, 1.82) is 0 Å². The highest BCUT2D eigenvalue weighted by molar-refractivity contribution is 5.71. The van der Waals surface area contributed by atoms with Gasteiger partial charge in [-0.05, 0) is 135 Å². The van der Waals surface area contributed by atoms with Crippen LogP contribution in [0.2, 0.25) is 0 Å². The molecule has 75 heavy (non-hydrogen) atoms. The zero-order chi connectivity index (χ0) is 54.3. The molecule has 0 aliphatic carbocycles. The molecule has 0 amide bonds. The van der Waals surface area contributed by atoms with E-state index in [-0.39, 0.29) is 31.6 Å². The van der Waals surface area contributed by atoms with Gasteiger partial charge in [0, 0.05) is 19.3 Å². The molecule has 6 nitrogen and oxygen atoms in total. The number of rotatable bonds is 52. The van der Waals surface area contributed by atoms with Gasteiger partial charge in [0.2, 0.25) is 0 Å². The van der Waals surface area contributed by atoms with Crippen LogP contribution in [0.4, 0.5) is 0 Å². The van der Waals surface area contributed by atoms with Crippen LogP contribution in [0.1, 0.15) is 239 Å². The summed E-state index contributed by atoms with van der Waals surface area (Å²) in [4.78, 5) is 38.2. The van der Waals surface area contributed by atoms with Gasteiger partial charge >= 0.3 is 17.9 Å². The van der Waals surface area contributed by atoms with Crippen molar-refractivity contribution in [2.75, 3.05) is 13.2 Å². The minimum Gasteiger partial charge on any atom is -0.462 e. The van der Waals surface area contributed by atoms with Gasteiger partial charge < -0.3 is 14.2 Å². The fraction of sp³-hybridized carbons (Fsp3) is 0.580. The van der Waals surface area contributed by atoms with Crippen LogP contribution in [0.15, 0.2) is 158 Å². The van der Waals surface area contributed by atoms with E-state index in [4.69, 9.17) is 14.2 Å². The normalized spacial score (nSPS) is 13.3. The molecule has 6 heteroatoms. The van der Waals surface area contributed by atoms with Gasteiger partial charge in [-0.2, -0.15) is 0 Å². The Balaban J connectivity index is 4.59. The van der Waals surface area contributed by atoms with E-state index >= 15 is 0 Å². The van der Waals surface area contributed by atoms with Gasteiger partial charge in [0.15, 0.2) is 6.10 Å². The van der Waals surface area contributed by atoms with Crippen molar-refractivity contribution in [3.05, 3.63) is 158 Å². The average molecular weight is 1030 g/mol. The molecular weight excluding hydrogens is 925 g/mol. The Bertz CT molecular complexity index is 1710. The van der Waals surface area contributed by atoms with Crippen molar-refractivity contribution in [3.63, 3.8) is 0 Å². The Morgan fingerprint density at radius 3 is 0.880 bits per heavy atom. The first-order valence-corrected chi connectivity index (χ1v) is 30.0. The number of unbranched alkanes of at least 4 members (excludes halogenated alkanes) is 15. The van der Waals surface area contributed by atoms with Crippen molar-refractivity contribution < 1.29 is 28.6 Å². The number of hydrogen-bond acceptors (Lipinski definition) is 6. The van der Waals surface area contributed by atoms with Crippen molar-refractivity contribution in [3.8, 4) is 0 Å². The van der Waals surface area contributed by atoms with E-state index in [0.717, 1.165) is 122 Å². The average Bonchev–Trinajstić information content (AvgIpc) is 3.41. The van der Waals surface area contributed by atoms with Crippen LogP contribution in [0.5, 0.6) is 0 Å². The van der Waals surface area contributed by atoms with Crippen LogP contribution in [0, 0.1) is 0 Å². The molecule has 0 saturated heterocycles. The Kier molecular flexibility index (Phi) is 57.5. The lowest BCUT2D eigenvalue weighted by molar-refractivity contribution is -0.166. The Morgan fingerprint density at radius 2 is 0.547 bits per heavy atom. The lowest BCUT2D eigenvalue weighted by Gasteiger charge is -2.18. The van der Waals surface area contributed by atoms with Crippen molar-refractivity contribution in [2.24, 2.45) is 0 Å². The second-order valence-electron chi connectivity index (χ2n) is 19.1. The zero-order valence-electron chi connectivity index (χ0n) is 48.0. The van der Waals surface area contributed by atoms with Gasteiger partial charge in [0.05, 0.1) is 0 Å². The number of esters is 3. The van der Waals surface area contributed by atoms with Crippen molar-refractivity contribution in [1.82, 2.24) is 0 Å². The minimum absolute atomic E-state index is 0.128. The lowest BCUT2D eigenvalue weighted by Crippen LogP contribution is -2.30. The van der Waals surface area contributed by atoms with E-state index in [1.807, 2.05) is 12.2 Å². The monoisotopic (exact) mass is 1030 g/mol. The maximum absolute atomic E-state index is 12.9. The Hall–Kier alpha value is -4.97. The van der Waals surface area contributed by atoms with Gasteiger partial charge in [-0.1, -0.05) is 243 Å². The summed E-state index contributed by atoms with van der Waals surface area (Å²) in [7, 11) is 0. The highest BCUT2D eigenvalue weighted by Crippen LogP contribution is 2.13. The van der Waals surface area contributed by atoms with Crippen LogP contribution in [-0.4, -0.2) is 37.2 Å². The fourth-order valence-corrected chi connectivity index (χ4v) is 7.58. The molecule has 0 aliphatic rings. The molecule has 0 aromatic carbocycles. The SMILES string of the molecule is CC/C=C\C/C=C\C/C=C\C/C=C\C/C=C\C/C=C\CCC(=O)O[C@H](COC(=O)CCCCC/C=C\C/C=C\C/C=C\C/C=C\C/C=C\CC)COC(=O)CCCCCCCCCCC/C=C\C/C=C\CCCCC. The highest BCUT2D eigenvalue weighted by atomic mass is 16.6. The first-order valence-electron chi connectivity index (χ1n) is 30.0. The molecule has 0 rings (SSSR count). The van der Waals surface area contributed by atoms with Crippen LogP contribution >= 0.6 is 0 Å². The summed E-state index contributed by atoms with van der Waals surface area (Å²) >= 11 is 0. The number of ether oxygens (including phenoxy) is 3. The van der Waals surface area contributed by atoms with Gasteiger partial charge in [-0.25, -0.2) is 0 Å². The van der Waals surface area contributed by atoms with Crippen LogP contribution < -0.4 is 0 Å². The van der Waals surface area contributed by atoms with Crippen LogP contribution in [0.25, 0.3) is 0 Å². The third kappa shape index (κ3) is 59.8. The molecule has 0 aromatic heterocycles. The third-order valence-corrected chi connectivity index (χ3v) is 12.0. The molecule has 0 saturated carbocycles. The quantitative estimate of drug-likeness (QED) is 0.0261. The number of carbonyl (C=O) groups excluding carboxylic acids is 3. The second kappa shape index (κ2) is 61.6. The highest BCUT2D eigenvalue weighted by Gasteiger charge is 2.19. The molecule has 0 aliphatic heterocycles. The molecule has 1 atom stereocenters. The van der Waals surface area contributed by atoms with Crippen LogP contribution in [0.3, 0.4) is 0 Å². The molecule has 0 radical (unpaired) electrons. The fourth-order valence-electron chi connectivity index (χ4n) is 7.58. The number of carbonyl (C=O) groups is 3. The summed E-state index contributed by atoms with van der Waals surface area (Å²) in [5, 5.41) is 0. The molecule has 0 fully saturated rings. The molecular formula is C69H108O6. The van der Waals surface area contributed by atoms with Crippen LogP contribution in [-0.2, 0) is 28.6 Å². The van der Waals surface area contributed by atoms with Gasteiger partial charge in [-0.3, -0.25) is 14.4 Å². The van der Waals surface area contributed by atoms with E-state index in [0.29, 0.717) is 19.3 Å². The third-order valence-electron chi connectivity index (χ3n) is 12.0. The standard InChI is InChI=1S/C69H108O6/c1-4-7-10-13-16-19-22-25-28-31-34-37-40-43-46-49-52-55-58-61-67(70)73-64-66(75-69(72)63-60-57-54-51-48-45-42-39-36-33-30-27-24-21-18-15-12-9-6-3)65-74-68(71)62-59-56-53-50-47-44-41-38-35-32-29-26-23-20-17-14-11-8-5-2/h7,9-10,12,16-21,25-30,34,36-37,39,43,45-46,48,54,57,66H,4-6,8,11,13-15,22-24,31-33,35,38,40-42,44,47,49-53,55-56,58-65H2,1-3H3/b10-7-,12-9-,19-16-,20-17-,21-18-,28-25-,29-26-,30-27-,37-34-,39-36-,46-43-,48-45-,57-54-/t66-/m1/s1. The molecule has 0 N–H and O–H groups in total. The summed E-state index contributed by atoms with van der Waals surface area (Å²) in [5.74, 6) is -1.06. The topological polar surface area (TPSA) is 78.9 Å². The van der Waals surface area contributed by atoms with Crippen molar-refractivity contribution in [2.45, 2.75) is 245 Å². The minimum atomic E-state index is -0.843. The summed E-state index contributed by atoms with van der Waals surface area (Å²) < 4.78 is 16.8. The molecule has 0 unspecified atom stereocenters. The summed E-state index contributed by atoms with van der Waals surface area (Å²) in [6.45, 7) is 6.29. The van der Waals surface area contributed by atoms with E-state index in [1.54, 1.807) is 0 Å². The van der Waals surface area contributed by atoms with Crippen molar-refractivity contribution >= 4 is 17.9 Å². The molecule has 420 valence electrons. The zero-order valence-corrected chi connectivity index (χ0v) is 48.0.